The summed E-state index contributed by atoms with van der Waals surface area (Å²) in [7, 11) is 1.91. The minimum absolute atomic E-state index is 0.279. The summed E-state index contributed by atoms with van der Waals surface area (Å²) in [5.74, 6) is 1.84. The molecule has 1 heterocycles. The van der Waals surface area contributed by atoms with Crippen LogP contribution in [0.3, 0.4) is 0 Å². The van der Waals surface area contributed by atoms with E-state index in [0.717, 1.165) is 11.1 Å². The van der Waals surface area contributed by atoms with Gasteiger partial charge in [0.15, 0.2) is 5.82 Å². The smallest absolute Gasteiger partial charge is 0.261 e. The number of hydrogen-bond acceptors (Lipinski definition) is 5. The first kappa shape index (κ1) is 17.5. The highest BCUT2D eigenvalue weighted by Gasteiger charge is 2.15. The molecule has 1 unspecified atom stereocenters. The van der Waals surface area contributed by atoms with Gasteiger partial charge in [0.2, 0.25) is 0 Å². The van der Waals surface area contributed by atoms with Crippen molar-refractivity contribution in [3.63, 3.8) is 0 Å². The van der Waals surface area contributed by atoms with E-state index in [0.29, 0.717) is 35.5 Å². The molecule has 0 aliphatic carbocycles. The minimum atomic E-state index is 0.279. The molecule has 130 valence electrons. The van der Waals surface area contributed by atoms with Crippen LogP contribution in [-0.4, -0.2) is 23.2 Å². The lowest BCUT2D eigenvalue weighted by Crippen LogP contribution is -2.24. The molecule has 0 radical (unpaired) electrons. The molecule has 0 saturated heterocycles. The van der Waals surface area contributed by atoms with Gasteiger partial charge in [-0.2, -0.15) is 4.98 Å². The zero-order valence-corrected chi connectivity index (χ0v) is 15.0. The van der Waals surface area contributed by atoms with Crippen LogP contribution in [0.25, 0.3) is 11.5 Å². The normalized spacial score (nSPS) is 12.1. The van der Waals surface area contributed by atoms with E-state index in [2.05, 4.69) is 22.4 Å². The van der Waals surface area contributed by atoms with Crippen LogP contribution in [-0.2, 0) is 13.0 Å². The van der Waals surface area contributed by atoms with Crippen molar-refractivity contribution in [1.29, 1.82) is 0 Å². The van der Waals surface area contributed by atoms with Crippen LogP contribution in [0.4, 0.5) is 0 Å². The van der Waals surface area contributed by atoms with Gasteiger partial charge in [-0.3, -0.25) is 0 Å². The molecule has 0 saturated carbocycles. The van der Waals surface area contributed by atoms with Crippen LogP contribution in [0.5, 0.6) is 5.75 Å². The summed E-state index contributed by atoms with van der Waals surface area (Å²) in [6.45, 7) is 2.51. The van der Waals surface area contributed by atoms with Crippen molar-refractivity contribution in [3.8, 4) is 17.2 Å². The van der Waals surface area contributed by atoms with Gasteiger partial charge in [-0.1, -0.05) is 41.0 Å². The Morgan fingerprint density at radius 3 is 2.68 bits per heavy atom. The molecule has 6 heteroatoms. The Bertz CT molecular complexity index is 818. The first-order chi connectivity index (χ1) is 12.2. The maximum Gasteiger partial charge on any atom is 0.261 e. The summed E-state index contributed by atoms with van der Waals surface area (Å²) < 4.78 is 11.4. The van der Waals surface area contributed by atoms with Crippen LogP contribution in [0.2, 0.25) is 5.02 Å². The molecule has 0 amide bonds. The molecule has 25 heavy (non-hydrogen) atoms. The van der Waals surface area contributed by atoms with Crippen molar-refractivity contribution in [2.24, 2.45) is 0 Å². The van der Waals surface area contributed by atoms with E-state index in [-0.39, 0.29) is 6.04 Å². The molecule has 1 atom stereocenters. The number of rotatable bonds is 7. The predicted molar refractivity (Wildman–Crippen MR) is 97.7 cm³/mol. The number of halogens is 1. The number of nitrogens with one attached hydrogen (secondary N) is 1. The molecule has 0 spiro atoms. The Morgan fingerprint density at radius 2 is 1.92 bits per heavy atom. The molecular weight excluding hydrogens is 338 g/mol. The Labute approximate surface area is 152 Å². The lowest BCUT2D eigenvalue weighted by molar-refractivity contribution is 0.306. The summed E-state index contributed by atoms with van der Waals surface area (Å²) in [5, 5.41) is 7.92. The fourth-order valence-electron chi connectivity index (χ4n) is 2.33. The number of likely N-dealkylation sites (N-methyl/N-ethyl adjacent to an activating group) is 1. The fourth-order valence-corrected chi connectivity index (χ4v) is 2.46. The lowest BCUT2D eigenvalue weighted by atomic mass is 10.2. The average molecular weight is 358 g/mol. The van der Waals surface area contributed by atoms with Gasteiger partial charge in [0.1, 0.15) is 12.4 Å². The molecule has 3 aromatic rings. The molecule has 1 N–H and O–H groups in total. The van der Waals surface area contributed by atoms with Gasteiger partial charge in [0, 0.05) is 17.5 Å². The van der Waals surface area contributed by atoms with Gasteiger partial charge in [0.05, 0.1) is 5.56 Å². The zero-order chi connectivity index (χ0) is 17.6. The van der Waals surface area contributed by atoms with Crippen LogP contribution < -0.4 is 10.1 Å². The maximum atomic E-state index is 5.95. The van der Waals surface area contributed by atoms with Crippen molar-refractivity contribution in [2.75, 3.05) is 7.05 Å². The number of nitrogens with zero attached hydrogens (tertiary/aromatic N) is 2. The molecular formula is C19H20ClN3O2. The first-order valence-electron chi connectivity index (χ1n) is 8.12. The Morgan fingerprint density at radius 1 is 1.16 bits per heavy atom. The van der Waals surface area contributed by atoms with E-state index in [9.17, 15) is 0 Å². The summed E-state index contributed by atoms with van der Waals surface area (Å²) in [4.78, 5) is 4.48. The number of ether oxygens (including phenoxy) is 1. The van der Waals surface area contributed by atoms with Gasteiger partial charge in [-0.05, 0) is 43.8 Å². The monoisotopic (exact) mass is 357 g/mol. The molecule has 1 aromatic heterocycles. The highest BCUT2D eigenvalue weighted by atomic mass is 35.5. The van der Waals surface area contributed by atoms with Crippen LogP contribution in [0.15, 0.2) is 53.1 Å². The second kappa shape index (κ2) is 8.14. The van der Waals surface area contributed by atoms with Crippen molar-refractivity contribution in [2.45, 2.75) is 26.0 Å². The van der Waals surface area contributed by atoms with E-state index in [1.807, 2.05) is 55.6 Å². The summed E-state index contributed by atoms with van der Waals surface area (Å²) in [6.07, 6.45) is 0.702. The third-order valence-electron chi connectivity index (χ3n) is 3.87. The van der Waals surface area contributed by atoms with Crippen molar-refractivity contribution in [1.82, 2.24) is 15.5 Å². The third kappa shape index (κ3) is 4.59. The Balaban J connectivity index is 1.75. The topological polar surface area (TPSA) is 60.2 Å². The van der Waals surface area contributed by atoms with Gasteiger partial charge in [-0.15, -0.1) is 0 Å². The molecule has 0 bridgehead atoms. The van der Waals surface area contributed by atoms with Crippen LogP contribution in [0.1, 0.15) is 18.3 Å². The van der Waals surface area contributed by atoms with Gasteiger partial charge < -0.3 is 14.6 Å². The molecule has 0 aliphatic rings. The van der Waals surface area contributed by atoms with E-state index in [4.69, 9.17) is 20.9 Å². The minimum Gasteiger partial charge on any atom is -0.488 e. The molecule has 0 fully saturated rings. The van der Waals surface area contributed by atoms with E-state index >= 15 is 0 Å². The third-order valence-corrected chi connectivity index (χ3v) is 4.13. The van der Waals surface area contributed by atoms with Gasteiger partial charge in [-0.25, -0.2) is 0 Å². The molecule has 5 nitrogen and oxygen atoms in total. The SMILES string of the molecule is CNC(C)Cc1noc(-c2ccccc2OCc2ccc(Cl)cc2)n1. The Kier molecular flexibility index (Phi) is 5.68. The lowest BCUT2D eigenvalue weighted by Gasteiger charge is -2.09. The van der Waals surface area contributed by atoms with Gasteiger partial charge in [0.25, 0.3) is 5.89 Å². The number of aromatic nitrogens is 2. The first-order valence-corrected chi connectivity index (χ1v) is 8.50. The largest absolute Gasteiger partial charge is 0.488 e. The number of hydrogen-bond donors (Lipinski definition) is 1. The maximum absolute atomic E-state index is 5.95. The highest BCUT2D eigenvalue weighted by Crippen LogP contribution is 2.29. The second-order valence-electron chi connectivity index (χ2n) is 5.82. The summed E-state index contributed by atoms with van der Waals surface area (Å²) >= 11 is 5.91. The van der Waals surface area contributed by atoms with E-state index < -0.39 is 0 Å². The van der Waals surface area contributed by atoms with Crippen LogP contribution in [0, 0.1) is 0 Å². The molecule has 2 aromatic carbocycles. The van der Waals surface area contributed by atoms with Gasteiger partial charge >= 0.3 is 0 Å². The Hall–Kier alpha value is -2.37. The number of benzene rings is 2. The quantitative estimate of drug-likeness (QED) is 0.689. The summed E-state index contributed by atoms with van der Waals surface area (Å²) in [6, 6.07) is 15.5. The van der Waals surface area contributed by atoms with E-state index in [1.165, 1.54) is 0 Å². The van der Waals surface area contributed by atoms with Crippen LogP contribution >= 0.6 is 11.6 Å². The van der Waals surface area contributed by atoms with E-state index in [1.54, 1.807) is 0 Å². The van der Waals surface area contributed by atoms with Crippen molar-refractivity contribution in [3.05, 3.63) is 64.9 Å². The predicted octanol–water partition coefficient (Wildman–Crippen LogP) is 4.12. The second-order valence-corrected chi connectivity index (χ2v) is 6.26. The van der Waals surface area contributed by atoms with Crippen molar-refractivity contribution >= 4 is 11.6 Å². The fraction of sp³-hybridized carbons (Fsp3) is 0.263. The highest BCUT2D eigenvalue weighted by molar-refractivity contribution is 6.30. The average Bonchev–Trinajstić information content (AvgIpc) is 3.09. The summed E-state index contributed by atoms with van der Waals surface area (Å²) in [5.41, 5.74) is 1.82. The zero-order valence-electron chi connectivity index (χ0n) is 14.2. The number of para-hydroxylation sites is 1. The van der Waals surface area contributed by atoms with Crippen molar-refractivity contribution < 1.29 is 9.26 Å². The molecule has 3 rings (SSSR count). The standard InChI is InChI=1S/C19H20ClN3O2/c1-13(21-2)11-18-22-19(25-23-18)16-5-3-4-6-17(16)24-12-14-7-9-15(20)10-8-14/h3-10,13,21H,11-12H2,1-2H3. The molecule has 0 aliphatic heterocycles.